The van der Waals surface area contributed by atoms with Gasteiger partial charge in [0.05, 0.1) is 6.04 Å². The molecule has 0 radical (unpaired) electrons. The van der Waals surface area contributed by atoms with Gasteiger partial charge < -0.3 is 10.5 Å². The summed E-state index contributed by atoms with van der Waals surface area (Å²) in [4.78, 5) is 4.33. The molecule has 1 aromatic rings. The van der Waals surface area contributed by atoms with Crippen LogP contribution < -0.4 is 5.73 Å². The summed E-state index contributed by atoms with van der Waals surface area (Å²) in [6, 6.07) is -0.160. The first kappa shape index (κ1) is 12.1. The van der Waals surface area contributed by atoms with Crippen LogP contribution in [0.2, 0.25) is 0 Å². The molecule has 1 heterocycles. The van der Waals surface area contributed by atoms with Gasteiger partial charge in [0.15, 0.2) is 11.6 Å². The van der Waals surface area contributed by atoms with Gasteiger partial charge >= 0.3 is 0 Å². The molecule has 0 aromatic carbocycles. The van der Waals surface area contributed by atoms with Gasteiger partial charge in [0.2, 0.25) is 0 Å². The van der Waals surface area contributed by atoms with E-state index in [9.17, 15) is 0 Å². The number of H-pyrrole nitrogens is 1. The topological polar surface area (TPSA) is 76.8 Å². The molecule has 3 N–H and O–H groups in total. The van der Waals surface area contributed by atoms with Crippen molar-refractivity contribution in [3.05, 3.63) is 11.6 Å². The Bertz CT molecular complexity index is 313. The summed E-state index contributed by atoms with van der Waals surface area (Å²) in [6.07, 6.45) is -0.0995. The first-order valence-corrected chi connectivity index (χ1v) is 5.07. The fourth-order valence-corrected chi connectivity index (χ4v) is 1.48. The van der Waals surface area contributed by atoms with E-state index in [0.717, 1.165) is 5.82 Å². The van der Waals surface area contributed by atoms with Crippen LogP contribution in [0.4, 0.5) is 0 Å². The van der Waals surface area contributed by atoms with Gasteiger partial charge in [0.1, 0.15) is 6.10 Å². The van der Waals surface area contributed by atoms with Gasteiger partial charge in [0, 0.05) is 7.11 Å². The Hall–Kier alpha value is -0.940. The zero-order valence-electron chi connectivity index (χ0n) is 10.0. The highest BCUT2D eigenvalue weighted by Gasteiger charge is 2.29. The maximum absolute atomic E-state index is 5.69. The van der Waals surface area contributed by atoms with Gasteiger partial charge in [-0.2, -0.15) is 5.10 Å². The van der Waals surface area contributed by atoms with Crippen LogP contribution in [-0.4, -0.2) is 22.3 Å². The average molecular weight is 212 g/mol. The second-order valence-corrected chi connectivity index (χ2v) is 4.85. The number of hydrogen-bond acceptors (Lipinski definition) is 4. The van der Waals surface area contributed by atoms with Crippen LogP contribution in [0.15, 0.2) is 0 Å². The lowest BCUT2D eigenvalue weighted by molar-refractivity contribution is 0.00887. The Morgan fingerprint density at radius 3 is 2.33 bits per heavy atom. The molecule has 0 aliphatic carbocycles. The lowest BCUT2D eigenvalue weighted by Gasteiger charge is -2.27. The Balaban J connectivity index is 2.93. The van der Waals surface area contributed by atoms with Crippen molar-refractivity contribution in [1.29, 1.82) is 0 Å². The summed E-state index contributed by atoms with van der Waals surface area (Å²) in [5, 5.41) is 6.94. The smallest absolute Gasteiger partial charge is 0.167 e. The highest BCUT2D eigenvalue weighted by Crippen LogP contribution is 2.33. The molecule has 0 saturated heterocycles. The Kier molecular flexibility index (Phi) is 3.46. The van der Waals surface area contributed by atoms with E-state index in [1.54, 1.807) is 7.11 Å². The van der Waals surface area contributed by atoms with Crippen molar-refractivity contribution in [2.75, 3.05) is 7.11 Å². The summed E-state index contributed by atoms with van der Waals surface area (Å²) >= 11 is 0. The van der Waals surface area contributed by atoms with Crippen molar-refractivity contribution >= 4 is 0 Å². The van der Waals surface area contributed by atoms with Crippen LogP contribution >= 0.6 is 0 Å². The Morgan fingerprint density at radius 1 is 1.40 bits per heavy atom. The van der Waals surface area contributed by atoms with Gasteiger partial charge in [-0.15, -0.1) is 0 Å². The number of methoxy groups -OCH3 is 1. The molecule has 15 heavy (non-hydrogen) atoms. The van der Waals surface area contributed by atoms with E-state index in [2.05, 4.69) is 36.0 Å². The summed E-state index contributed by atoms with van der Waals surface area (Å²) in [5.41, 5.74) is 5.67. The van der Waals surface area contributed by atoms with E-state index in [1.807, 2.05) is 6.92 Å². The lowest BCUT2D eigenvalue weighted by Crippen LogP contribution is -2.21. The summed E-state index contributed by atoms with van der Waals surface area (Å²) < 4.78 is 5.42. The molecular weight excluding hydrogens is 192 g/mol. The minimum atomic E-state index is -0.160. The summed E-state index contributed by atoms with van der Waals surface area (Å²) in [5.74, 6) is 1.36. The van der Waals surface area contributed by atoms with E-state index in [1.165, 1.54) is 0 Å². The summed E-state index contributed by atoms with van der Waals surface area (Å²) in [6.45, 7) is 8.13. The van der Waals surface area contributed by atoms with Crippen LogP contribution in [-0.2, 0) is 4.74 Å². The first-order chi connectivity index (χ1) is 6.86. The SMILES string of the molecule is COC(c1nc(C(C)N)n[nH]1)C(C)(C)C. The molecule has 5 heteroatoms. The molecule has 0 bridgehead atoms. The van der Waals surface area contributed by atoms with E-state index < -0.39 is 0 Å². The number of nitrogens with one attached hydrogen (secondary N) is 1. The van der Waals surface area contributed by atoms with Crippen LogP contribution in [0.1, 0.15) is 51.5 Å². The maximum atomic E-state index is 5.69. The first-order valence-electron chi connectivity index (χ1n) is 5.07. The van der Waals surface area contributed by atoms with E-state index in [-0.39, 0.29) is 17.6 Å². The predicted octanol–water partition coefficient (Wildman–Crippen LogP) is 1.56. The number of hydrogen-bond donors (Lipinski definition) is 2. The van der Waals surface area contributed by atoms with Crippen LogP contribution in [0.5, 0.6) is 0 Å². The summed E-state index contributed by atoms with van der Waals surface area (Å²) in [7, 11) is 1.67. The maximum Gasteiger partial charge on any atom is 0.167 e. The highest BCUT2D eigenvalue weighted by atomic mass is 16.5. The standard InChI is InChI=1S/C10H20N4O/c1-6(11)8-12-9(14-13-8)7(15-5)10(2,3)4/h6-7H,11H2,1-5H3,(H,12,13,14). The minimum Gasteiger partial charge on any atom is -0.373 e. The predicted molar refractivity (Wildman–Crippen MR) is 58.2 cm³/mol. The second kappa shape index (κ2) is 4.28. The molecule has 1 rings (SSSR count). The molecular formula is C10H20N4O. The van der Waals surface area contributed by atoms with Crippen LogP contribution in [0.25, 0.3) is 0 Å². The van der Waals surface area contributed by atoms with Crippen molar-refractivity contribution in [3.8, 4) is 0 Å². The van der Waals surface area contributed by atoms with Crippen molar-refractivity contribution in [1.82, 2.24) is 15.2 Å². The third-order valence-electron chi connectivity index (χ3n) is 2.20. The highest BCUT2D eigenvalue weighted by molar-refractivity contribution is 5.00. The third kappa shape index (κ3) is 2.76. The molecule has 0 aliphatic heterocycles. The number of rotatable bonds is 3. The van der Waals surface area contributed by atoms with Crippen molar-refractivity contribution in [3.63, 3.8) is 0 Å². The zero-order chi connectivity index (χ0) is 11.6. The molecule has 0 fully saturated rings. The monoisotopic (exact) mass is 212 g/mol. The zero-order valence-corrected chi connectivity index (χ0v) is 10.0. The quantitative estimate of drug-likeness (QED) is 0.797. The molecule has 2 atom stereocenters. The van der Waals surface area contributed by atoms with Gasteiger partial charge in [-0.1, -0.05) is 20.8 Å². The number of aromatic amines is 1. The molecule has 5 nitrogen and oxygen atoms in total. The van der Waals surface area contributed by atoms with E-state index in [0.29, 0.717) is 5.82 Å². The second-order valence-electron chi connectivity index (χ2n) is 4.85. The van der Waals surface area contributed by atoms with Crippen molar-refractivity contribution in [2.24, 2.45) is 11.1 Å². The lowest BCUT2D eigenvalue weighted by atomic mass is 9.88. The molecule has 1 aromatic heterocycles. The number of ether oxygens (including phenoxy) is 1. The van der Waals surface area contributed by atoms with Crippen LogP contribution in [0, 0.1) is 5.41 Å². The van der Waals surface area contributed by atoms with E-state index in [4.69, 9.17) is 10.5 Å². The van der Waals surface area contributed by atoms with Gasteiger partial charge in [0.25, 0.3) is 0 Å². The van der Waals surface area contributed by atoms with Gasteiger partial charge in [-0.25, -0.2) is 4.98 Å². The Labute approximate surface area is 90.4 Å². The molecule has 0 amide bonds. The van der Waals surface area contributed by atoms with Crippen molar-refractivity contribution < 1.29 is 4.74 Å². The minimum absolute atomic E-state index is 0.0244. The molecule has 0 aliphatic rings. The third-order valence-corrected chi connectivity index (χ3v) is 2.20. The fraction of sp³-hybridized carbons (Fsp3) is 0.800. The van der Waals surface area contributed by atoms with Gasteiger partial charge in [-0.3, -0.25) is 5.10 Å². The average Bonchev–Trinajstić information content (AvgIpc) is 2.51. The Morgan fingerprint density at radius 2 is 2.00 bits per heavy atom. The molecule has 2 unspecified atom stereocenters. The molecule has 86 valence electrons. The number of aromatic nitrogens is 3. The fourth-order valence-electron chi connectivity index (χ4n) is 1.48. The van der Waals surface area contributed by atoms with Gasteiger partial charge in [-0.05, 0) is 12.3 Å². The molecule has 0 saturated carbocycles. The number of nitrogens with zero attached hydrogens (tertiary/aromatic N) is 2. The normalized spacial score (nSPS) is 16.4. The van der Waals surface area contributed by atoms with Crippen LogP contribution in [0.3, 0.4) is 0 Å². The number of nitrogens with two attached hydrogens (primary N) is 1. The van der Waals surface area contributed by atoms with E-state index >= 15 is 0 Å². The largest absolute Gasteiger partial charge is 0.373 e. The van der Waals surface area contributed by atoms with Crippen molar-refractivity contribution in [2.45, 2.75) is 39.8 Å². The molecule has 0 spiro atoms.